The number of hydrogen-bond donors (Lipinski definition) is 3. The summed E-state index contributed by atoms with van der Waals surface area (Å²) in [5, 5.41) is 6.93. The molecule has 0 saturated carbocycles. The molecule has 0 spiro atoms. The Labute approximate surface area is 130 Å². The van der Waals surface area contributed by atoms with Gasteiger partial charge in [-0.1, -0.05) is 57.2 Å². The highest BCUT2D eigenvalue weighted by atomic mass is 16.2. The molecule has 0 aliphatic rings. The fourth-order valence-corrected chi connectivity index (χ4v) is 1.85. The Hall–Kier alpha value is -2.56. The Morgan fingerprint density at radius 3 is 2.36 bits per heavy atom. The van der Waals surface area contributed by atoms with Crippen LogP contribution in [0, 0.1) is 6.92 Å². The fourth-order valence-electron chi connectivity index (χ4n) is 1.85. The zero-order valence-corrected chi connectivity index (χ0v) is 13.4. The van der Waals surface area contributed by atoms with E-state index in [4.69, 9.17) is 0 Å². The number of rotatable bonds is 4. The summed E-state index contributed by atoms with van der Waals surface area (Å²) in [5.74, 6) is -0.306. The van der Waals surface area contributed by atoms with Crippen molar-refractivity contribution in [1.29, 1.82) is 0 Å². The molecule has 22 heavy (non-hydrogen) atoms. The maximum absolute atomic E-state index is 12.1. The first-order valence-electron chi connectivity index (χ1n) is 7.15. The molecule has 0 atom stereocenters. The van der Waals surface area contributed by atoms with Crippen LogP contribution < -0.4 is 10.9 Å². The number of aromatic nitrogens is 2. The zero-order chi connectivity index (χ0) is 16.3. The van der Waals surface area contributed by atoms with Crippen LogP contribution in [-0.4, -0.2) is 16.1 Å². The molecule has 1 aromatic heterocycles. The lowest BCUT2D eigenvalue weighted by atomic mass is 9.92. The average Bonchev–Trinajstić information content (AvgIpc) is 2.95. The summed E-state index contributed by atoms with van der Waals surface area (Å²) in [4.78, 5) is 12.1. The van der Waals surface area contributed by atoms with E-state index in [0.29, 0.717) is 11.4 Å². The highest BCUT2D eigenvalue weighted by molar-refractivity contribution is 5.92. The third-order valence-electron chi connectivity index (χ3n) is 3.35. The molecule has 0 aliphatic carbocycles. The molecule has 0 aliphatic heterocycles. The van der Waals surface area contributed by atoms with Crippen LogP contribution in [0.5, 0.6) is 0 Å². The van der Waals surface area contributed by atoms with Crippen LogP contribution in [0.15, 0.2) is 36.9 Å². The maximum Gasteiger partial charge on any atom is 0.290 e. The number of benzene rings is 1. The number of nitrogens with one attached hydrogen (secondary N) is 3. The van der Waals surface area contributed by atoms with Gasteiger partial charge in [0.15, 0.2) is 5.69 Å². The number of aromatic amines is 1. The van der Waals surface area contributed by atoms with Crippen molar-refractivity contribution < 1.29 is 4.79 Å². The molecular formula is C17H22N4O. The largest absolute Gasteiger partial charge is 0.298 e. The summed E-state index contributed by atoms with van der Waals surface area (Å²) in [6, 6.07) is 9.64. The van der Waals surface area contributed by atoms with E-state index in [1.165, 1.54) is 5.56 Å². The molecule has 1 amide bonds. The molecule has 3 N–H and O–H groups in total. The smallest absolute Gasteiger partial charge is 0.290 e. The van der Waals surface area contributed by atoms with Gasteiger partial charge in [-0.2, -0.15) is 5.10 Å². The van der Waals surface area contributed by atoms with Crippen molar-refractivity contribution in [2.75, 3.05) is 0 Å². The molecule has 0 fully saturated rings. The Morgan fingerprint density at radius 2 is 1.82 bits per heavy atom. The van der Waals surface area contributed by atoms with Gasteiger partial charge < -0.3 is 0 Å². The van der Waals surface area contributed by atoms with Crippen molar-refractivity contribution in [2.45, 2.75) is 33.1 Å². The molecule has 1 aromatic carbocycles. The minimum Gasteiger partial charge on any atom is -0.298 e. The minimum atomic E-state index is -0.306. The summed E-state index contributed by atoms with van der Waals surface area (Å²) < 4.78 is 0. The molecule has 116 valence electrons. The van der Waals surface area contributed by atoms with E-state index in [9.17, 15) is 4.79 Å². The summed E-state index contributed by atoms with van der Waals surface area (Å²) in [6.07, 6.45) is 0. The number of aryl methyl sites for hydroxylation is 1. The van der Waals surface area contributed by atoms with E-state index in [2.05, 4.69) is 48.4 Å². The van der Waals surface area contributed by atoms with E-state index in [1.807, 2.05) is 31.2 Å². The fraction of sp³-hybridized carbons (Fsp3) is 0.294. The predicted molar refractivity (Wildman–Crippen MR) is 88.1 cm³/mol. The quantitative estimate of drug-likeness (QED) is 0.760. The Morgan fingerprint density at radius 1 is 1.18 bits per heavy atom. The van der Waals surface area contributed by atoms with E-state index < -0.39 is 0 Å². The van der Waals surface area contributed by atoms with E-state index in [1.54, 1.807) is 6.07 Å². The van der Waals surface area contributed by atoms with Crippen LogP contribution in [-0.2, 0) is 5.41 Å². The van der Waals surface area contributed by atoms with Gasteiger partial charge in [-0.3, -0.25) is 20.7 Å². The van der Waals surface area contributed by atoms with Gasteiger partial charge in [0.05, 0.1) is 5.70 Å². The number of nitrogens with zero attached hydrogens (tertiary/aromatic N) is 1. The molecule has 0 saturated heterocycles. The van der Waals surface area contributed by atoms with Crippen LogP contribution in [0.25, 0.3) is 5.70 Å². The lowest BCUT2D eigenvalue weighted by Crippen LogP contribution is -2.36. The van der Waals surface area contributed by atoms with Crippen LogP contribution >= 0.6 is 0 Å². The second-order valence-corrected chi connectivity index (χ2v) is 6.34. The van der Waals surface area contributed by atoms with Crippen molar-refractivity contribution >= 4 is 11.6 Å². The van der Waals surface area contributed by atoms with Gasteiger partial charge in [-0.05, 0) is 18.6 Å². The molecule has 2 rings (SSSR count). The first kappa shape index (κ1) is 15.8. The summed E-state index contributed by atoms with van der Waals surface area (Å²) in [5.41, 5.74) is 9.31. The highest BCUT2D eigenvalue weighted by Crippen LogP contribution is 2.20. The average molecular weight is 298 g/mol. The van der Waals surface area contributed by atoms with Crippen LogP contribution in [0.4, 0.5) is 0 Å². The molecule has 0 unspecified atom stereocenters. The summed E-state index contributed by atoms with van der Waals surface area (Å²) in [7, 11) is 0. The zero-order valence-electron chi connectivity index (χ0n) is 13.4. The maximum atomic E-state index is 12.1. The molecule has 0 bridgehead atoms. The molecular weight excluding hydrogens is 276 g/mol. The number of carbonyl (C=O) groups excluding carboxylic acids is 1. The van der Waals surface area contributed by atoms with Gasteiger partial charge >= 0.3 is 0 Å². The van der Waals surface area contributed by atoms with Gasteiger partial charge in [0, 0.05) is 11.1 Å². The van der Waals surface area contributed by atoms with Gasteiger partial charge in [-0.25, -0.2) is 0 Å². The highest BCUT2D eigenvalue weighted by Gasteiger charge is 2.19. The van der Waals surface area contributed by atoms with Gasteiger partial charge in [-0.15, -0.1) is 0 Å². The van der Waals surface area contributed by atoms with Gasteiger partial charge in [0.2, 0.25) is 0 Å². The van der Waals surface area contributed by atoms with Crippen molar-refractivity contribution in [1.82, 2.24) is 21.0 Å². The van der Waals surface area contributed by atoms with Crippen molar-refractivity contribution in [3.8, 4) is 0 Å². The Balaban J connectivity index is 1.96. The number of hydrazine groups is 1. The SMILES string of the molecule is C=C(NNC(=O)c1cc(C(C)(C)C)[nH]n1)c1ccc(C)cc1. The van der Waals surface area contributed by atoms with Crippen LogP contribution in [0.2, 0.25) is 0 Å². The van der Waals surface area contributed by atoms with Crippen molar-refractivity contribution in [3.05, 3.63) is 59.4 Å². The first-order valence-corrected chi connectivity index (χ1v) is 7.15. The molecule has 0 radical (unpaired) electrons. The van der Waals surface area contributed by atoms with E-state index in [-0.39, 0.29) is 11.3 Å². The number of carbonyl (C=O) groups is 1. The minimum absolute atomic E-state index is 0.0789. The number of hydrogen-bond acceptors (Lipinski definition) is 3. The third kappa shape index (κ3) is 3.75. The van der Waals surface area contributed by atoms with E-state index in [0.717, 1.165) is 11.3 Å². The topological polar surface area (TPSA) is 69.8 Å². The lowest BCUT2D eigenvalue weighted by Gasteiger charge is -2.14. The number of H-pyrrole nitrogens is 1. The normalized spacial score (nSPS) is 11.1. The van der Waals surface area contributed by atoms with Crippen LogP contribution in [0.1, 0.15) is 48.1 Å². The van der Waals surface area contributed by atoms with Gasteiger partial charge in [0.1, 0.15) is 0 Å². The second kappa shape index (κ2) is 6.05. The lowest BCUT2D eigenvalue weighted by molar-refractivity contribution is 0.0937. The molecule has 2 aromatic rings. The standard InChI is InChI=1S/C17H22N4O/c1-11-6-8-13(9-7-11)12(2)18-21-16(22)14-10-15(20-19-14)17(3,4)5/h6-10,18H,2H2,1,3-5H3,(H,19,20)(H,21,22). The molecule has 5 nitrogen and oxygen atoms in total. The Bertz CT molecular complexity index is 677. The predicted octanol–water partition coefficient (Wildman–Crippen LogP) is 2.92. The van der Waals surface area contributed by atoms with Crippen molar-refractivity contribution in [3.63, 3.8) is 0 Å². The summed E-state index contributed by atoms with van der Waals surface area (Å²) in [6.45, 7) is 12.1. The van der Waals surface area contributed by atoms with E-state index >= 15 is 0 Å². The summed E-state index contributed by atoms with van der Waals surface area (Å²) >= 11 is 0. The number of amides is 1. The third-order valence-corrected chi connectivity index (χ3v) is 3.35. The van der Waals surface area contributed by atoms with Gasteiger partial charge in [0.25, 0.3) is 5.91 Å². The first-order chi connectivity index (χ1) is 10.3. The second-order valence-electron chi connectivity index (χ2n) is 6.34. The van der Waals surface area contributed by atoms with Crippen molar-refractivity contribution in [2.24, 2.45) is 0 Å². The monoisotopic (exact) mass is 298 g/mol. The Kier molecular flexibility index (Phi) is 4.35. The van der Waals surface area contributed by atoms with Crippen LogP contribution in [0.3, 0.4) is 0 Å². The molecule has 1 heterocycles. The molecule has 5 heteroatoms.